The number of aromatic nitrogens is 1. The molecule has 2 rings (SSSR count). The normalized spacial score (nSPS) is 12.2. The summed E-state index contributed by atoms with van der Waals surface area (Å²) >= 11 is 3.42. The van der Waals surface area contributed by atoms with Crippen LogP contribution in [0.2, 0.25) is 0 Å². The third-order valence-electron chi connectivity index (χ3n) is 3.05. The van der Waals surface area contributed by atoms with Gasteiger partial charge in [0.15, 0.2) is 0 Å². The van der Waals surface area contributed by atoms with Gasteiger partial charge >= 0.3 is 0 Å². The number of hydrogen-bond donors (Lipinski definition) is 1. The maximum Gasteiger partial charge on any atom is 0.124 e. The van der Waals surface area contributed by atoms with E-state index in [1.54, 1.807) is 6.20 Å². The number of para-hydroxylation sites is 1. The second-order valence-corrected chi connectivity index (χ2v) is 5.53. The molecule has 3 nitrogen and oxygen atoms in total. The molecule has 0 amide bonds. The molecule has 20 heavy (non-hydrogen) atoms. The quantitative estimate of drug-likeness (QED) is 0.863. The lowest BCUT2D eigenvalue weighted by atomic mass is 10.1. The summed E-state index contributed by atoms with van der Waals surface area (Å²) in [4.78, 5) is 4.14. The highest BCUT2D eigenvalue weighted by Crippen LogP contribution is 2.25. The molecule has 0 aliphatic carbocycles. The van der Waals surface area contributed by atoms with Crippen molar-refractivity contribution in [3.63, 3.8) is 0 Å². The highest BCUT2D eigenvalue weighted by molar-refractivity contribution is 9.10. The van der Waals surface area contributed by atoms with Gasteiger partial charge in [-0.05, 0) is 41.5 Å². The largest absolute Gasteiger partial charge is 0.489 e. The van der Waals surface area contributed by atoms with Gasteiger partial charge in [0.05, 0.1) is 0 Å². The van der Waals surface area contributed by atoms with Gasteiger partial charge in [0.25, 0.3) is 0 Å². The molecule has 0 radical (unpaired) electrons. The first-order valence-corrected chi connectivity index (χ1v) is 7.54. The van der Waals surface area contributed by atoms with Crippen LogP contribution >= 0.6 is 15.9 Å². The number of halogens is 1. The Morgan fingerprint density at radius 1 is 1.30 bits per heavy atom. The maximum atomic E-state index is 5.94. The van der Waals surface area contributed by atoms with Gasteiger partial charge in [-0.2, -0.15) is 0 Å². The molecule has 0 spiro atoms. The van der Waals surface area contributed by atoms with Gasteiger partial charge in [-0.25, -0.2) is 0 Å². The van der Waals surface area contributed by atoms with Crippen LogP contribution in [-0.2, 0) is 6.61 Å². The second-order valence-electron chi connectivity index (χ2n) is 4.62. The van der Waals surface area contributed by atoms with E-state index in [2.05, 4.69) is 46.1 Å². The molecule has 1 heterocycles. The predicted octanol–water partition coefficient (Wildman–Crippen LogP) is 4.09. The molecular formula is C16H19BrN2O. The van der Waals surface area contributed by atoms with Crippen LogP contribution in [-0.4, -0.2) is 11.5 Å². The molecule has 1 N–H and O–H groups in total. The van der Waals surface area contributed by atoms with Gasteiger partial charge < -0.3 is 10.1 Å². The van der Waals surface area contributed by atoms with Crippen molar-refractivity contribution in [2.45, 2.75) is 26.5 Å². The van der Waals surface area contributed by atoms with Crippen LogP contribution in [0.5, 0.6) is 5.75 Å². The smallest absolute Gasteiger partial charge is 0.124 e. The third-order valence-corrected chi connectivity index (χ3v) is 3.49. The van der Waals surface area contributed by atoms with E-state index >= 15 is 0 Å². The zero-order valence-corrected chi connectivity index (χ0v) is 13.4. The molecule has 0 aliphatic rings. The van der Waals surface area contributed by atoms with Crippen molar-refractivity contribution >= 4 is 15.9 Å². The fraction of sp³-hybridized carbons (Fsp3) is 0.312. The molecule has 0 fully saturated rings. The average Bonchev–Trinajstić information content (AvgIpc) is 2.46. The second kappa shape index (κ2) is 7.41. The monoisotopic (exact) mass is 334 g/mol. The lowest BCUT2D eigenvalue weighted by molar-refractivity contribution is 0.299. The van der Waals surface area contributed by atoms with Crippen molar-refractivity contribution in [2.75, 3.05) is 6.54 Å². The fourth-order valence-corrected chi connectivity index (χ4v) is 2.49. The van der Waals surface area contributed by atoms with Crippen LogP contribution in [0.3, 0.4) is 0 Å². The van der Waals surface area contributed by atoms with Gasteiger partial charge in [0.2, 0.25) is 0 Å². The number of pyridine rings is 1. The Hall–Kier alpha value is -1.39. The van der Waals surface area contributed by atoms with Crippen LogP contribution in [0.15, 0.2) is 47.2 Å². The first-order valence-electron chi connectivity index (χ1n) is 6.75. The topological polar surface area (TPSA) is 34.1 Å². The Morgan fingerprint density at radius 3 is 2.85 bits per heavy atom. The van der Waals surface area contributed by atoms with Gasteiger partial charge in [-0.15, -0.1) is 0 Å². The lowest BCUT2D eigenvalue weighted by Crippen LogP contribution is -2.18. The molecule has 1 aromatic carbocycles. The standard InChI is InChI=1S/C16H19BrN2O/c1-3-19-12(2)15-6-4-5-7-16(15)20-11-13-8-14(17)10-18-9-13/h4-10,12,19H,3,11H2,1-2H3. The SMILES string of the molecule is CCNC(C)c1ccccc1OCc1cncc(Br)c1. The molecular weight excluding hydrogens is 316 g/mol. The van der Waals surface area contributed by atoms with Crippen LogP contribution < -0.4 is 10.1 Å². The van der Waals surface area contributed by atoms with Crippen LogP contribution in [0, 0.1) is 0 Å². The summed E-state index contributed by atoms with van der Waals surface area (Å²) in [5, 5.41) is 3.41. The molecule has 0 bridgehead atoms. The number of rotatable bonds is 6. The first-order chi connectivity index (χ1) is 9.70. The van der Waals surface area contributed by atoms with E-state index in [1.807, 2.05) is 30.5 Å². The summed E-state index contributed by atoms with van der Waals surface area (Å²) in [6.45, 7) is 5.70. The van der Waals surface area contributed by atoms with E-state index in [-0.39, 0.29) is 6.04 Å². The molecule has 1 unspecified atom stereocenters. The van der Waals surface area contributed by atoms with Gasteiger partial charge in [-0.3, -0.25) is 4.98 Å². The van der Waals surface area contributed by atoms with Crippen LogP contribution in [0.1, 0.15) is 31.0 Å². The number of nitrogens with one attached hydrogen (secondary N) is 1. The van der Waals surface area contributed by atoms with Crippen molar-refractivity contribution in [2.24, 2.45) is 0 Å². The summed E-state index contributed by atoms with van der Waals surface area (Å²) in [5.41, 5.74) is 2.22. The highest BCUT2D eigenvalue weighted by Gasteiger charge is 2.10. The zero-order valence-electron chi connectivity index (χ0n) is 11.8. The van der Waals surface area contributed by atoms with E-state index in [0.29, 0.717) is 6.61 Å². The Labute approximate surface area is 128 Å². The molecule has 106 valence electrons. The molecule has 0 aliphatic heterocycles. The summed E-state index contributed by atoms with van der Waals surface area (Å²) in [6.07, 6.45) is 3.59. The minimum absolute atomic E-state index is 0.275. The van der Waals surface area contributed by atoms with Crippen molar-refractivity contribution in [3.05, 3.63) is 58.3 Å². The van der Waals surface area contributed by atoms with Crippen LogP contribution in [0.25, 0.3) is 0 Å². The summed E-state index contributed by atoms with van der Waals surface area (Å²) < 4.78 is 6.91. The Kier molecular flexibility index (Phi) is 5.56. The summed E-state index contributed by atoms with van der Waals surface area (Å²) in [7, 11) is 0. The predicted molar refractivity (Wildman–Crippen MR) is 84.8 cm³/mol. The average molecular weight is 335 g/mol. The highest BCUT2D eigenvalue weighted by atomic mass is 79.9. The summed E-state index contributed by atoms with van der Waals surface area (Å²) in [5.74, 6) is 0.918. The Morgan fingerprint density at radius 2 is 2.10 bits per heavy atom. The Bertz CT molecular complexity index is 560. The maximum absolute atomic E-state index is 5.94. The minimum atomic E-state index is 0.275. The van der Waals surface area contributed by atoms with Crippen molar-refractivity contribution in [1.82, 2.24) is 10.3 Å². The van der Waals surface area contributed by atoms with E-state index in [1.165, 1.54) is 5.56 Å². The zero-order chi connectivity index (χ0) is 14.4. The van der Waals surface area contributed by atoms with E-state index < -0.39 is 0 Å². The molecule has 0 saturated heterocycles. The fourth-order valence-electron chi connectivity index (χ4n) is 2.08. The molecule has 0 saturated carbocycles. The van der Waals surface area contributed by atoms with Gasteiger partial charge in [0.1, 0.15) is 12.4 Å². The Balaban J connectivity index is 2.09. The lowest BCUT2D eigenvalue weighted by Gasteiger charge is -2.17. The molecule has 1 aromatic heterocycles. The number of benzene rings is 1. The van der Waals surface area contributed by atoms with Crippen molar-refractivity contribution in [3.8, 4) is 5.75 Å². The van der Waals surface area contributed by atoms with Crippen molar-refractivity contribution < 1.29 is 4.74 Å². The summed E-state index contributed by atoms with van der Waals surface area (Å²) in [6, 6.07) is 10.4. The van der Waals surface area contributed by atoms with E-state index in [9.17, 15) is 0 Å². The van der Waals surface area contributed by atoms with Gasteiger partial charge in [-0.1, -0.05) is 25.1 Å². The van der Waals surface area contributed by atoms with E-state index in [0.717, 1.165) is 22.3 Å². The van der Waals surface area contributed by atoms with Gasteiger partial charge in [0, 0.05) is 34.0 Å². The molecule has 4 heteroatoms. The molecule has 2 aromatic rings. The van der Waals surface area contributed by atoms with E-state index in [4.69, 9.17) is 4.74 Å². The third kappa shape index (κ3) is 4.05. The number of hydrogen-bond acceptors (Lipinski definition) is 3. The number of ether oxygens (including phenoxy) is 1. The first kappa shape index (κ1) is 15.0. The van der Waals surface area contributed by atoms with Crippen molar-refractivity contribution in [1.29, 1.82) is 0 Å². The van der Waals surface area contributed by atoms with Crippen LogP contribution in [0.4, 0.5) is 0 Å². The molecule has 1 atom stereocenters. The number of nitrogens with zero attached hydrogens (tertiary/aromatic N) is 1. The minimum Gasteiger partial charge on any atom is -0.489 e.